The van der Waals surface area contributed by atoms with Crippen LogP contribution in [0.25, 0.3) is 0 Å². The minimum absolute atomic E-state index is 0.220. The minimum atomic E-state index is -0.958. The van der Waals surface area contributed by atoms with Crippen molar-refractivity contribution in [3.63, 3.8) is 0 Å². The first-order chi connectivity index (χ1) is 9.90. The molecule has 0 aliphatic rings. The lowest BCUT2D eigenvalue weighted by molar-refractivity contribution is 0.0698. The molecule has 0 fully saturated rings. The van der Waals surface area contributed by atoms with Gasteiger partial charge in [0, 0.05) is 10.7 Å². The number of hydrogen-bond donors (Lipinski definition) is 1. The number of carbonyl (C=O) groups is 1. The molecular formula is C17H22BrNO2. The van der Waals surface area contributed by atoms with E-state index in [1.165, 1.54) is 5.57 Å². The Hall–Kier alpha value is -1.42. The molecule has 21 heavy (non-hydrogen) atoms. The van der Waals surface area contributed by atoms with Crippen LogP contribution in [0.5, 0.6) is 0 Å². The summed E-state index contributed by atoms with van der Waals surface area (Å²) in [4.78, 5) is 15.5. The number of benzene rings is 1. The summed E-state index contributed by atoms with van der Waals surface area (Å²) in [6.45, 7) is 6.39. The highest BCUT2D eigenvalue weighted by Crippen LogP contribution is 2.23. The molecule has 0 bridgehead atoms. The van der Waals surface area contributed by atoms with Crippen LogP contribution in [0, 0.1) is 5.92 Å². The predicted octanol–water partition coefficient (Wildman–Crippen LogP) is 5.62. The van der Waals surface area contributed by atoms with Gasteiger partial charge in [-0.2, -0.15) is 0 Å². The molecule has 0 amide bonds. The molecule has 1 aromatic carbocycles. The van der Waals surface area contributed by atoms with Crippen molar-refractivity contribution in [2.45, 2.75) is 40.0 Å². The van der Waals surface area contributed by atoms with E-state index in [0.717, 1.165) is 23.7 Å². The van der Waals surface area contributed by atoms with Gasteiger partial charge in [-0.15, -0.1) is 0 Å². The number of hydrogen-bond acceptors (Lipinski definition) is 2. The fourth-order valence-electron chi connectivity index (χ4n) is 1.90. The third-order valence-corrected chi connectivity index (χ3v) is 3.63. The van der Waals surface area contributed by atoms with E-state index in [9.17, 15) is 4.79 Å². The second kappa shape index (κ2) is 8.78. The van der Waals surface area contributed by atoms with Crippen LogP contribution in [0.1, 0.15) is 50.4 Å². The predicted molar refractivity (Wildman–Crippen MR) is 91.7 cm³/mol. The molecule has 1 aromatic rings. The summed E-state index contributed by atoms with van der Waals surface area (Å²) < 4.78 is 0.744. The quantitative estimate of drug-likeness (QED) is 0.511. The Balaban J connectivity index is 2.61. The highest BCUT2D eigenvalue weighted by atomic mass is 79.9. The molecule has 1 N–H and O–H groups in total. The summed E-state index contributed by atoms with van der Waals surface area (Å²) in [6, 6.07) is 5.10. The van der Waals surface area contributed by atoms with E-state index in [1.54, 1.807) is 18.2 Å². The van der Waals surface area contributed by atoms with Gasteiger partial charge in [0.15, 0.2) is 0 Å². The number of aliphatic imine (C=N–C) groups is 1. The van der Waals surface area contributed by atoms with Gasteiger partial charge in [-0.1, -0.05) is 34.5 Å². The van der Waals surface area contributed by atoms with Gasteiger partial charge in [0.05, 0.1) is 11.3 Å². The van der Waals surface area contributed by atoms with Gasteiger partial charge in [0.1, 0.15) is 0 Å². The van der Waals surface area contributed by atoms with Gasteiger partial charge < -0.3 is 5.11 Å². The second-order valence-electron chi connectivity index (χ2n) is 5.48. The van der Waals surface area contributed by atoms with Crippen LogP contribution in [0.2, 0.25) is 0 Å². The van der Waals surface area contributed by atoms with E-state index in [1.807, 2.05) is 6.21 Å². The van der Waals surface area contributed by atoms with Crippen LogP contribution in [-0.4, -0.2) is 17.3 Å². The SMILES string of the molecule is CC(C)=CCCC(C)CC=Nc1ccc(Br)cc1C(=O)O. The average molecular weight is 352 g/mol. The van der Waals surface area contributed by atoms with Crippen molar-refractivity contribution >= 4 is 33.8 Å². The normalized spacial score (nSPS) is 12.4. The van der Waals surface area contributed by atoms with E-state index in [2.05, 4.69) is 47.8 Å². The highest BCUT2D eigenvalue weighted by Gasteiger charge is 2.09. The molecular weight excluding hydrogens is 330 g/mol. The zero-order chi connectivity index (χ0) is 15.8. The number of carboxylic acid groups (broad SMARTS) is 1. The topological polar surface area (TPSA) is 49.7 Å². The molecule has 0 radical (unpaired) electrons. The summed E-state index contributed by atoms with van der Waals surface area (Å²) >= 11 is 3.28. The molecule has 1 unspecified atom stereocenters. The Kier molecular flexibility index (Phi) is 7.37. The maximum atomic E-state index is 11.2. The van der Waals surface area contributed by atoms with Gasteiger partial charge in [-0.3, -0.25) is 4.99 Å². The van der Waals surface area contributed by atoms with E-state index in [0.29, 0.717) is 11.6 Å². The third-order valence-electron chi connectivity index (χ3n) is 3.14. The van der Waals surface area contributed by atoms with Gasteiger partial charge in [-0.05, 0) is 57.2 Å². The Bertz CT molecular complexity index is 546. The third kappa shape index (κ3) is 6.71. The maximum absolute atomic E-state index is 11.2. The largest absolute Gasteiger partial charge is 0.478 e. The Morgan fingerprint density at radius 1 is 1.43 bits per heavy atom. The number of allylic oxidation sites excluding steroid dienone is 2. The van der Waals surface area contributed by atoms with Gasteiger partial charge >= 0.3 is 5.97 Å². The molecule has 1 atom stereocenters. The number of halogens is 1. The number of carboxylic acids is 1. The second-order valence-corrected chi connectivity index (χ2v) is 6.39. The molecule has 0 saturated heterocycles. The van der Waals surface area contributed by atoms with Crippen molar-refractivity contribution in [1.82, 2.24) is 0 Å². The average Bonchev–Trinajstić information content (AvgIpc) is 2.39. The summed E-state index contributed by atoms with van der Waals surface area (Å²) in [6.07, 6.45) is 7.11. The molecule has 0 spiro atoms. The highest BCUT2D eigenvalue weighted by molar-refractivity contribution is 9.10. The van der Waals surface area contributed by atoms with Crippen LogP contribution in [0.4, 0.5) is 5.69 Å². The van der Waals surface area contributed by atoms with Crippen LogP contribution >= 0.6 is 15.9 Å². The first kappa shape index (κ1) is 17.6. The summed E-state index contributed by atoms with van der Waals surface area (Å²) in [5.74, 6) is -0.423. The Morgan fingerprint density at radius 2 is 2.14 bits per heavy atom. The van der Waals surface area contributed by atoms with E-state index >= 15 is 0 Å². The van der Waals surface area contributed by atoms with Crippen LogP contribution in [0.15, 0.2) is 39.3 Å². The van der Waals surface area contributed by atoms with Crippen molar-refractivity contribution in [3.8, 4) is 0 Å². The van der Waals surface area contributed by atoms with Crippen LogP contribution in [0.3, 0.4) is 0 Å². The minimum Gasteiger partial charge on any atom is -0.478 e. The smallest absolute Gasteiger partial charge is 0.337 e. The van der Waals surface area contributed by atoms with Crippen molar-refractivity contribution < 1.29 is 9.90 Å². The molecule has 1 rings (SSSR count). The van der Waals surface area contributed by atoms with Crippen molar-refractivity contribution in [2.75, 3.05) is 0 Å². The lowest BCUT2D eigenvalue weighted by Gasteiger charge is -2.06. The van der Waals surface area contributed by atoms with Crippen molar-refractivity contribution in [2.24, 2.45) is 10.9 Å². The molecule has 0 aliphatic carbocycles. The first-order valence-electron chi connectivity index (χ1n) is 7.09. The Morgan fingerprint density at radius 3 is 2.76 bits per heavy atom. The number of nitrogens with zero attached hydrogens (tertiary/aromatic N) is 1. The first-order valence-corrected chi connectivity index (χ1v) is 7.88. The molecule has 0 heterocycles. The maximum Gasteiger partial charge on any atom is 0.337 e. The van der Waals surface area contributed by atoms with Gasteiger partial charge in [-0.25, -0.2) is 4.79 Å². The van der Waals surface area contributed by atoms with E-state index in [-0.39, 0.29) is 5.56 Å². The van der Waals surface area contributed by atoms with Crippen molar-refractivity contribution in [1.29, 1.82) is 0 Å². The summed E-state index contributed by atoms with van der Waals surface area (Å²) in [7, 11) is 0. The van der Waals surface area contributed by atoms with Crippen LogP contribution in [-0.2, 0) is 0 Å². The zero-order valence-corrected chi connectivity index (χ0v) is 14.4. The fraction of sp³-hybridized carbons (Fsp3) is 0.412. The van der Waals surface area contributed by atoms with E-state index < -0.39 is 5.97 Å². The number of aromatic carboxylic acids is 1. The molecule has 0 saturated carbocycles. The summed E-state index contributed by atoms with van der Waals surface area (Å²) in [5, 5.41) is 9.17. The summed E-state index contributed by atoms with van der Waals surface area (Å²) in [5.41, 5.74) is 2.07. The Labute approximate surface area is 134 Å². The molecule has 4 heteroatoms. The molecule has 0 aromatic heterocycles. The zero-order valence-electron chi connectivity index (χ0n) is 12.8. The fourth-order valence-corrected chi connectivity index (χ4v) is 2.26. The van der Waals surface area contributed by atoms with E-state index in [4.69, 9.17) is 5.11 Å². The van der Waals surface area contributed by atoms with Gasteiger partial charge in [0.2, 0.25) is 0 Å². The molecule has 3 nitrogen and oxygen atoms in total. The standard InChI is InChI=1S/C17H22BrNO2/c1-12(2)5-4-6-13(3)9-10-19-16-8-7-14(18)11-15(16)17(20)21/h5,7-8,10-11,13H,4,6,9H2,1-3H3,(H,20,21). The van der Waals surface area contributed by atoms with Crippen LogP contribution < -0.4 is 0 Å². The lowest BCUT2D eigenvalue weighted by Crippen LogP contribution is -1.98. The number of rotatable bonds is 7. The molecule has 114 valence electrons. The monoisotopic (exact) mass is 351 g/mol. The van der Waals surface area contributed by atoms with Gasteiger partial charge in [0.25, 0.3) is 0 Å². The molecule has 0 aliphatic heterocycles. The lowest BCUT2D eigenvalue weighted by atomic mass is 10.0. The van der Waals surface area contributed by atoms with Crippen molar-refractivity contribution in [3.05, 3.63) is 39.9 Å².